The molecule has 0 aliphatic rings. The fourth-order valence-corrected chi connectivity index (χ4v) is 2.64. The smallest absolute Gasteiger partial charge is 0.152 e. The first-order valence-corrected chi connectivity index (χ1v) is 6.29. The van der Waals surface area contributed by atoms with Crippen LogP contribution in [0, 0.1) is 0 Å². The van der Waals surface area contributed by atoms with Gasteiger partial charge in [-0.1, -0.05) is 23.7 Å². The third kappa shape index (κ3) is 1.97. The Hall–Kier alpha value is -1.65. The zero-order chi connectivity index (χ0) is 11.7. The Morgan fingerprint density at radius 2 is 2.18 bits per heavy atom. The molecule has 0 saturated heterocycles. The molecule has 0 spiro atoms. The van der Waals surface area contributed by atoms with Crippen molar-refractivity contribution < 1.29 is 0 Å². The van der Waals surface area contributed by atoms with Crippen molar-refractivity contribution in [1.29, 1.82) is 0 Å². The second-order valence-electron chi connectivity index (χ2n) is 3.49. The quantitative estimate of drug-likeness (QED) is 0.755. The molecule has 1 N–H and O–H groups in total. The molecular weight excluding hydrogens is 254 g/mol. The van der Waals surface area contributed by atoms with Crippen molar-refractivity contribution in [2.45, 2.75) is 0 Å². The number of aromatic nitrogens is 2. The van der Waals surface area contributed by atoms with Gasteiger partial charge in [-0.15, -0.1) is 11.3 Å². The van der Waals surface area contributed by atoms with E-state index in [1.54, 1.807) is 17.5 Å². The summed E-state index contributed by atoms with van der Waals surface area (Å²) in [5.41, 5.74) is 1.01. The van der Waals surface area contributed by atoms with Gasteiger partial charge in [0.15, 0.2) is 5.82 Å². The topological polar surface area (TPSA) is 37.8 Å². The Morgan fingerprint density at radius 3 is 3.06 bits per heavy atom. The SMILES string of the molecule is Clc1cncnc1Nc1cccc2ccsc12. The van der Waals surface area contributed by atoms with E-state index in [0.717, 1.165) is 5.69 Å². The van der Waals surface area contributed by atoms with Crippen molar-refractivity contribution in [3.63, 3.8) is 0 Å². The molecule has 2 aromatic heterocycles. The molecule has 0 fully saturated rings. The number of nitrogens with zero attached hydrogens (tertiary/aromatic N) is 2. The third-order valence-corrected chi connectivity index (χ3v) is 3.64. The Kier molecular flexibility index (Phi) is 2.66. The van der Waals surface area contributed by atoms with Crippen LogP contribution in [0.15, 0.2) is 42.2 Å². The summed E-state index contributed by atoms with van der Waals surface area (Å²) in [7, 11) is 0. The lowest BCUT2D eigenvalue weighted by molar-refractivity contribution is 1.17. The largest absolute Gasteiger partial charge is 0.338 e. The summed E-state index contributed by atoms with van der Waals surface area (Å²) >= 11 is 7.71. The molecule has 0 atom stereocenters. The van der Waals surface area contributed by atoms with Gasteiger partial charge < -0.3 is 5.32 Å². The zero-order valence-corrected chi connectivity index (χ0v) is 10.3. The minimum atomic E-state index is 0.515. The molecule has 3 aromatic rings. The Labute approximate surface area is 107 Å². The number of anilines is 2. The van der Waals surface area contributed by atoms with Crippen LogP contribution in [0.1, 0.15) is 0 Å². The van der Waals surface area contributed by atoms with Gasteiger partial charge in [-0.05, 0) is 22.9 Å². The minimum absolute atomic E-state index is 0.515. The van der Waals surface area contributed by atoms with E-state index in [1.165, 1.54) is 16.4 Å². The van der Waals surface area contributed by atoms with Crippen LogP contribution in [-0.4, -0.2) is 9.97 Å². The predicted octanol–water partition coefficient (Wildman–Crippen LogP) is 4.09. The highest BCUT2D eigenvalue weighted by atomic mass is 35.5. The molecule has 0 aliphatic carbocycles. The molecule has 0 unspecified atom stereocenters. The summed E-state index contributed by atoms with van der Waals surface area (Å²) in [5, 5.41) is 7.02. The maximum Gasteiger partial charge on any atom is 0.152 e. The molecule has 0 saturated carbocycles. The van der Waals surface area contributed by atoms with Gasteiger partial charge >= 0.3 is 0 Å². The highest BCUT2D eigenvalue weighted by Gasteiger charge is 2.05. The Morgan fingerprint density at radius 1 is 1.24 bits per heavy atom. The Bertz CT molecular complexity index is 665. The second kappa shape index (κ2) is 4.31. The third-order valence-electron chi connectivity index (χ3n) is 2.40. The number of fused-ring (bicyclic) bond motifs is 1. The molecule has 0 radical (unpaired) electrons. The van der Waals surface area contributed by atoms with E-state index < -0.39 is 0 Å². The standard InChI is InChI=1S/C12H8ClN3S/c13-9-6-14-7-15-12(9)16-10-3-1-2-8-4-5-17-11(8)10/h1-7H,(H,14,15,16). The number of hydrogen-bond acceptors (Lipinski definition) is 4. The van der Waals surface area contributed by atoms with Crippen molar-refractivity contribution in [2.75, 3.05) is 5.32 Å². The minimum Gasteiger partial charge on any atom is -0.338 e. The van der Waals surface area contributed by atoms with Crippen molar-refractivity contribution in [1.82, 2.24) is 9.97 Å². The van der Waals surface area contributed by atoms with Crippen LogP contribution >= 0.6 is 22.9 Å². The highest BCUT2D eigenvalue weighted by molar-refractivity contribution is 7.17. The van der Waals surface area contributed by atoms with Crippen molar-refractivity contribution >= 4 is 44.5 Å². The first-order valence-electron chi connectivity index (χ1n) is 5.03. The fraction of sp³-hybridized carbons (Fsp3) is 0. The van der Waals surface area contributed by atoms with Crippen LogP contribution in [0.25, 0.3) is 10.1 Å². The van der Waals surface area contributed by atoms with Crippen molar-refractivity contribution in [2.24, 2.45) is 0 Å². The van der Waals surface area contributed by atoms with Crippen LogP contribution in [0.2, 0.25) is 5.02 Å². The number of halogens is 1. The van der Waals surface area contributed by atoms with E-state index in [2.05, 4.69) is 32.8 Å². The Balaban J connectivity index is 2.06. The van der Waals surface area contributed by atoms with Gasteiger partial charge in [0.25, 0.3) is 0 Å². The summed E-state index contributed by atoms with van der Waals surface area (Å²) in [4.78, 5) is 7.97. The van der Waals surface area contributed by atoms with E-state index in [4.69, 9.17) is 11.6 Å². The van der Waals surface area contributed by atoms with Crippen molar-refractivity contribution in [3.8, 4) is 0 Å². The lowest BCUT2D eigenvalue weighted by Crippen LogP contribution is -1.94. The number of rotatable bonds is 2. The summed E-state index contributed by atoms with van der Waals surface area (Å²) < 4.78 is 1.20. The molecule has 17 heavy (non-hydrogen) atoms. The van der Waals surface area contributed by atoms with E-state index >= 15 is 0 Å². The van der Waals surface area contributed by atoms with Crippen LogP contribution in [-0.2, 0) is 0 Å². The summed E-state index contributed by atoms with van der Waals surface area (Å²) in [6, 6.07) is 8.19. The van der Waals surface area contributed by atoms with Crippen LogP contribution in [0.5, 0.6) is 0 Å². The molecule has 1 aromatic carbocycles. The molecule has 3 nitrogen and oxygen atoms in total. The van der Waals surface area contributed by atoms with Crippen LogP contribution < -0.4 is 5.32 Å². The van der Waals surface area contributed by atoms with Crippen molar-refractivity contribution in [3.05, 3.63) is 47.2 Å². The molecule has 2 heterocycles. The van der Waals surface area contributed by atoms with Gasteiger partial charge in [-0.25, -0.2) is 9.97 Å². The number of benzene rings is 1. The maximum atomic E-state index is 6.02. The van der Waals surface area contributed by atoms with Gasteiger partial charge in [-0.3, -0.25) is 0 Å². The highest BCUT2D eigenvalue weighted by Crippen LogP contribution is 2.31. The maximum absolute atomic E-state index is 6.02. The molecule has 3 rings (SSSR count). The molecular formula is C12H8ClN3S. The number of thiophene rings is 1. The van der Waals surface area contributed by atoms with E-state index in [9.17, 15) is 0 Å². The number of nitrogens with one attached hydrogen (secondary N) is 1. The fourth-order valence-electron chi connectivity index (χ4n) is 1.62. The zero-order valence-electron chi connectivity index (χ0n) is 8.72. The van der Waals surface area contributed by atoms with Gasteiger partial charge in [0.1, 0.15) is 11.3 Å². The predicted molar refractivity (Wildman–Crippen MR) is 72.1 cm³/mol. The normalized spacial score (nSPS) is 10.6. The average molecular weight is 262 g/mol. The molecule has 5 heteroatoms. The lowest BCUT2D eigenvalue weighted by atomic mass is 10.2. The lowest BCUT2D eigenvalue weighted by Gasteiger charge is -2.07. The average Bonchev–Trinajstić information content (AvgIpc) is 2.81. The monoisotopic (exact) mass is 261 g/mol. The molecule has 0 bridgehead atoms. The van der Waals surface area contributed by atoms with Crippen LogP contribution in [0.3, 0.4) is 0 Å². The van der Waals surface area contributed by atoms with E-state index in [0.29, 0.717) is 10.8 Å². The molecule has 0 aliphatic heterocycles. The summed E-state index contributed by atoms with van der Waals surface area (Å²) in [6.45, 7) is 0. The van der Waals surface area contributed by atoms with Gasteiger partial charge in [0.2, 0.25) is 0 Å². The molecule has 0 amide bonds. The van der Waals surface area contributed by atoms with Crippen LogP contribution in [0.4, 0.5) is 11.5 Å². The first-order chi connectivity index (χ1) is 8.34. The van der Waals surface area contributed by atoms with E-state index in [-0.39, 0.29) is 0 Å². The molecule has 84 valence electrons. The first kappa shape index (κ1) is 10.5. The van der Waals surface area contributed by atoms with Gasteiger partial charge in [0.05, 0.1) is 16.6 Å². The summed E-state index contributed by atoms with van der Waals surface area (Å²) in [6.07, 6.45) is 3.05. The van der Waals surface area contributed by atoms with Gasteiger partial charge in [0, 0.05) is 0 Å². The second-order valence-corrected chi connectivity index (χ2v) is 4.81. The van der Waals surface area contributed by atoms with Gasteiger partial charge in [-0.2, -0.15) is 0 Å². The summed E-state index contributed by atoms with van der Waals surface area (Å²) in [5.74, 6) is 0.627. The van der Waals surface area contributed by atoms with E-state index in [1.807, 2.05) is 12.1 Å². The number of hydrogen-bond donors (Lipinski definition) is 1.